The van der Waals surface area contributed by atoms with Crippen LogP contribution in [0.15, 0.2) is 48.2 Å². The summed E-state index contributed by atoms with van der Waals surface area (Å²) in [5.74, 6) is 0. The van der Waals surface area contributed by atoms with E-state index in [-0.39, 0.29) is 0 Å². The van der Waals surface area contributed by atoms with Crippen molar-refractivity contribution in [3.05, 3.63) is 58.8 Å². The van der Waals surface area contributed by atoms with Gasteiger partial charge in [-0.1, -0.05) is 11.6 Å². The van der Waals surface area contributed by atoms with Crippen LogP contribution in [0.4, 0.5) is 0 Å². The average molecular weight is 369 g/mol. The van der Waals surface area contributed by atoms with Crippen molar-refractivity contribution in [1.29, 1.82) is 0 Å². The summed E-state index contributed by atoms with van der Waals surface area (Å²) < 4.78 is 0. The molecule has 0 saturated carbocycles. The molecule has 4 heterocycles. The molecule has 7 heteroatoms. The van der Waals surface area contributed by atoms with Crippen LogP contribution in [0.1, 0.15) is 12.0 Å². The van der Waals surface area contributed by atoms with E-state index in [1.165, 1.54) is 12.1 Å². The van der Waals surface area contributed by atoms with Gasteiger partial charge in [-0.05, 0) is 30.2 Å². The number of nitrogens with zero attached hydrogens (tertiary/aromatic N) is 3. The molecule has 2 aromatic rings. The molecule has 5 rings (SSSR count). The smallest absolute Gasteiger partial charge is 0.0901 e. The lowest BCUT2D eigenvalue weighted by molar-refractivity contribution is 0.284. The van der Waals surface area contributed by atoms with Crippen molar-refractivity contribution in [1.82, 2.24) is 30.8 Å². The standard InChI is InChI=1S/C19H21ClN6/c20-15-7-17-16(22-3-4-23-17)5-12(15)8-25-18-10-21-2-1-19(18)26-11-13-6-14(26)9-24-13/h1,3-5,7,10,13-14,21,24-25H,2,6,8-9,11H2/t13-,14?/m0/s1. The summed E-state index contributed by atoms with van der Waals surface area (Å²) in [6.45, 7) is 3.68. The first-order valence-corrected chi connectivity index (χ1v) is 9.43. The zero-order valence-electron chi connectivity index (χ0n) is 14.4. The molecule has 0 spiro atoms. The highest BCUT2D eigenvalue weighted by atomic mass is 35.5. The summed E-state index contributed by atoms with van der Waals surface area (Å²) in [6, 6.07) is 5.13. The van der Waals surface area contributed by atoms with Crippen LogP contribution < -0.4 is 16.0 Å². The van der Waals surface area contributed by atoms with E-state index >= 15 is 0 Å². The highest BCUT2D eigenvalue weighted by molar-refractivity contribution is 6.32. The first-order chi connectivity index (χ1) is 12.8. The fourth-order valence-corrected chi connectivity index (χ4v) is 4.35. The SMILES string of the molecule is Clc1cc2nccnc2cc1CNC1=CNCC=C1N1C[C@@H]2CC1CN2. The van der Waals surface area contributed by atoms with Gasteiger partial charge < -0.3 is 20.9 Å². The zero-order valence-corrected chi connectivity index (χ0v) is 15.1. The molecular weight excluding hydrogens is 348 g/mol. The molecule has 2 bridgehead atoms. The number of aromatic nitrogens is 2. The highest BCUT2D eigenvalue weighted by Crippen LogP contribution is 2.30. The maximum Gasteiger partial charge on any atom is 0.0901 e. The van der Waals surface area contributed by atoms with Gasteiger partial charge in [-0.15, -0.1) is 0 Å². The van der Waals surface area contributed by atoms with E-state index in [4.69, 9.17) is 11.6 Å². The van der Waals surface area contributed by atoms with Crippen LogP contribution in [-0.4, -0.2) is 46.6 Å². The summed E-state index contributed by atoms with van der Waals surface area (Å²) in [6.07, 6.45) is 8.98. The molecule has 134 valence electrons. The molecule has 2 atom stereocenters. The molecule has 26 heavy (non-hydrogen) atoms. The van der Waals surface area contributed by atoms with Gasteiger partial charge >= 0.3 is 0 Å². The van der Waals surface area contributed by atoms with E-state index in [1.54, 1.807) is 12.4 Å². The number of piperazine rings is 1. The number of fused-ring (bicyclic) bond motifs is 3. The number of halogens is 1. The lowest BCUT2D eigenvalue weighted by Gasteiger charge is -2.34. The molecule has 2 saturated heterocycles. The fourth-order valence-electron chi connectivity index (χ4n) is 4.12. The molecule has 1 aromatic heterocycles. The topological polar surface area (TPSA) is 65.1 Å². The van der Waals surface area contributed by atoms with Crippen molar-refractivity contribution < 1.29 is 0 Å². The number of nitrogens with one attached hydrogen (secondary N) is 3. The van der Waals surface area contributed by atoms with E-state index in [0.717, 1.165) is 41.9 Å². The normalized spacial score (nSPS) is 24.4. The Bertz CT molecular complexity index is 908. The predicted octanol–water partition coefficient (Wildman–Crippen LogP) is 1.75. The maximum atomic E-state index is 6.46. The Labute approximate surface area is 157 Å². The minimum atomic E-state index is 0.606. The predicted molar refractivity (Wildman–Crippen MR) is 102 cm³/mol. The van der Waals surface area contributed by atoms with Gasteiger partial charge in [0.15, 0.2) is 0 Å². The van der Waals surface area contributed by atoms with Gasteiger partial charge in [-0.2, -0.15) is 0 Å². The number of likely N-dealkylation sites (tertiary alicyclic amines) is 1. The van der Waals surface area contributed by atoms with Gasteiger partial charge in [0, 0.05) is 61.9 Å². The molecular formula is C19H21ClN6. The second kappa shape index (κ2) is 6.45. The molecule has 0 radical (unpaired) electrons. The molecule has 0 aliphatic carbocycles. The second-order valence-corrected chi connectivity index (χ2v) is 7.45. The summed E-state index contributed by atoms with van der Waals surface area (Å²) >= 11 is 6.46. The maximum absolute atomic E-state index is 6.46. The van der Waals surface area contributed by atoms with E-state index in [0.29, 0.717) is 23.7 Å². The molecule has 3 aliphatic heterocycles. The summed E-state index contributed by atoms with van der Waals surface area (Å²) in [5, 5.41) is 11.2. The highest BCUT2D eigenvalue weighted by Gasteiger charge is 2.39. The molecule has 6 nitrogen and oxygen atoms in total. The Morgan fingerprint density at radius 2 is 2.08 bits per heavy atom. The van der Waals surface area contributed by atoms with Gasteiger partial charge in [0.25, 0.3) is 0 Å². The monoisotopic (exact) mass is 368 g/mol. The van der Waals surface area contributed by atoms with Crippen LogP contribution >= 0.6 is 11.6 Å². The van der Waals surface area contributed by atoms with Crippen LogP contribution in [0.25, 0.3) is 11.0 Å². The minimum Gasteiger partial charge on any atom is -0.386 e. The molecule has 3 aliphatic rings. The number of dihydropyridines is 1. The number of rotatable bonds is 4. The summed E-state index contributed by atoms with van der Waals surface area (Å²) in [5.41, 5.74) is 5.13. The van der Waals surface area contributed by atoms with Crippen molar-refractivity contribution in [3.63, 3.8) is 0 Å². The van der Waals surface area contributed by atoms with Crippen molar-refractivity contribution >= 4 is 22.6 Å². The van der Waals surface area contributed by atoms with Crippen LogP contribution in [-0.2, 0) is 6.54 Å². The van der Waals surface area contributed by atoms with E-state index in [2.05, 4.69) is 43.1 Å². The first-order valence-electron chi connectivity index (χ1n) is 9.05. The van der Waals surface area contributed by atoms with Crippen molar-refractivity contribution in [2.24, 2.45) is 0 Å². The van der Waals surface area contributed by atoms with Crippen molar-refractivity contribution in [3.8, 4) is 0 Å². The third kappa shape index (κ3) is 2.79. The van der Waals surface area contributed by atoms with Gasteiger partial charge in [0.05, 0.1) is 22.4 Å². The third-order valence-corrected chi connectivity index (χ3v) is 5.76. The van der Waals surface area contributed by atoms with Crippen LogP contribution in [0.3, 0.4) is 0 Å². The van der Waals surface area contributed by atoms with Crippen molar-refractivity contribution in [2.45, 2.75) is 25.0 Å². The van der Waals surface area contributed by atoms with Crippen molar-refractivity contribution in [2.75, 3.05) is 19.6 Å². The zero-order chi connectivity index (χ0) is 17.5. The quantitative estimate of drug-likeness (QED) is 0.764. The average Bonchev–Trinajstić information content (AvgIpc) is 3.30. The van der Waals surface area contributed by atoms with Gasteiger partial charge in [-0.3, -0.25) is 9.97 Å². The number of hydrogen-bond acceptors (Lipinski definition) is 6. The largest absolute Gasteiger partial charge is 0.386 e. The second-order valence-electron chi connectivity index (χ2n) is 7.04. The Hall–Kier alpha value is -2.31. The van der Waals surface area contributed by atoms with Gasteiger partial charge in [-0.25, -0.2) is 0 Å². The van der Waals surface area contributed by atoms with Gasteiger partial charge in [0.1, 0.15) is 0 Å². The first kappa shape index (κ1) is 15.9. The third-order valence-electron chi connectivity index (χ3n) is 5.41. The lowest BCUT2D eigenvalue weighted by atomic mass is 10.1. The van der Waals surface area contributed by atoms with E-state index < -0.39 is 0 Å². The number of hydrogen-bond donors (Lipinski definition) is 3. The van der Waals surface area contributed by atoms with E-state index in [9.17, 15) is 0 Å². The summed E-state index contributed by atoms with van der Waals surface area (Å²) in [7, 11) is 0. The Kier molecular flexibility index (Phi) is 3.94. The molecule has 0 amide bonds. The minimum absolute atomic E-state index is 0.606. The Morgan fingerprint density at radius 3 is 2.85 bits per heavy atom. The molecule has 2 fully saturated rings. The lowest BCUT2D eigenvalue weighted by Crippen LogP contribution is -2.45. The molecule has 1 aromatic carbocycles. The van der Waals surface area contributed by atoms with E-state index in [1.807, 2.05) is 12.1 Å². The van der Waals surface area contributed by atoms with Gasteiger partial charge in [0.2, 0.25) is 0 Å². The Balaban J connectivity index is 1.35. The van der Waals surface area contributed by atoms with Crippen LogP contribution in [0, 0.1) is 0 Å². The number of benzene rings is 1. The summed E-state index contributed by atoms with van der Waals surface area (Å²) in [4.78, 5) is 11.2. The fraction of sp³-hybridized carbons (Fsp3) is 0.368. The van der Waals surface area contributed by atoms with Crippen LogP contribution in [0.2, 0.25) is 5.02 Å². The van der Waals surface area contributed by atoms with Crippen LogP contribution in [0.5, 0.6) is 0 Å². The Morgan fingerprint density at radius 1 is 1.23 bits per heavy atom. The molecule has 1 unspecified atom stereocenters. The molecule has 3 N–H and O–H groups in total.